The van der Waals surface area contributed by atoms with Crippen LogP contribution in [-0.2, 0) is 16.1 Å². The first kappa shape index (κ1) is 18.5. The van der Waals surface area contributed by atoms with E-state index in [9.17, 15) is 9.59 Å². The van der Waals surface area contributed by atoms with Gasteiger partial charge >= 0.3 is 6.09 Å². The molecule has 0 aliphatic rings. The Kier molecular flexibility index (Phi) is 6.12. The summed E-state index contributed by atoms with van der Waals surface area (Å²) in [6.07, 6.45) is 2.42. The Balaban J connectivity index is 2.19. The molecule has 0 aliphatic carbocycles. The summed E-state index contributed by atoms with van der Waals surface area (Å²) in [6.45, 7) is 5.48. The van der Waals surface area contributed by atoms with E-state index in [4.69, 9.17) is 4.74 Å². The van der Waals surface area contributed by atoms with Gasteiger partial charge in [-0.05, 0) is 38.0 Å². The number of hydrogen-bond acceptors (Lipinski definition) is 3. The quantitative estimate of drug-likeness (QED) is 0.762. The highest BCUT2D eigenvalue weighted by molar-refractivity contribution is 6.00. The van der Waals surface area contributed by atoms with Crippen LogP contribution in [0.25, 0.3) is 6.08 Å². The van der Waals surface area contributed by atoms with Crippen molar-refractivity contribution in [2.75, 3.05) is 0 Å². The number of ether oxygens (including phenoxy) is 1. The standard InChI is InChI=1S/C21H23NO3/c1-21(2,3)25-20(24)22(16-18-12-8-5-9-13-18)19(23)15-14-17-10-6-4-7-11-17/h4-15H,16H2,1-3H3/b15-14+. The van der Waals surface area contributed by atoms with Crippen molar-refractivity contribution in [2.45, 2.75) is 32.9 Å². The van der Waals surface area contributed by atoms with Crippen LogP contribution in [0.3, 0.4) is 0 Å². The number of hydrogen-bond donors (Lipinski definition) is 0. The molecule has 4 heteroatoms. The fourth-order valence-electron chi connectivity index (χ4n) is 2.14. The number of carbonyl (C=O) groups is 2. The molecule has 2 rings (SSSR count). The summed E-state index contributed by atoms with van der Waals surface area (Å²) >= 11 is 0. The Bertz CT molecular complexity index is 731. The molecule has 25 heavy (non-hydrogen) atoms. The largest absolute Gasteiger partial charge is 0.443 e. The van der Waals surface area contributed by atoms with E-state index >= 15 is 0 Å². The highest BCUT2D eigenvalue weighted by Crippen LogP contribution is 2.14. The van der Waals surface area contributed by atoms with E-state index in [1.54, 1.807) is 26.8 Å². The molecular weight excluding hydrogens is 314 g/mol. The molecule has 2 aromatic carbocycles. The van der Waals surface area contributed by atoms with Crippen molar-refractivity contribution >= 4 is 18.1 Å². The van der Waals surface area contributed by atoms with Gasteiger partial charge in [-0.15, -0.1) is 0 Å². The van der Waals surface area contributed by atoms with Crippen LogP contribution >= 0.6 is 0 Å². The van der Waals surface area contributed by atoms with Crippen LogP contribution in [0.2, 0.25) is 0 Å². The van der Waals surface area contributed by atoms with E-state index in [1.807, 2.05) is 60.7 Å². The molecule has 0 fully saturated rings. The van der Waals surface area contributed by atoms with Gasteiger partial charge in [-0.1, -0.05) is 60.7 Å². The maximum Gasteiger partial charge on any atom is 0.417 e. The SMILES string of the molecule is CC(C)(C)OC(=O)N(Cc1ccccc1)C(=O)/C=C/c1ccccc1. The lowest BCUT2D eigenvalue weighted by molar-refractivity contribution is -0.125. The molecule has 0 saturated carbocycles. The molecule has 0 saturated heterocycles. The Morgan fingerprint density at radius 1 is 0.960 bits per heavy atom. The molecule has 0 spiro atoms. The predicted octanol–water partition coefficient (Wildman–Crippen LogP) is 4.66. The second kappa shape index (κ2) is 8.29. The topological polar surface area (TPSA) is 46.6 Å². The van der Waals surface area contributed by atoms with Gasteiger partial charge < -0.3 is 4.74 Å². The van der Waals surface area contributed by atoms with Crippen LogP contribution in [0.1, 0.15) is 31.9 Å². The zero-order valence-corrected chi connectivity index (χ0v) is 14.8. The minimum absolute atomic E-state index is 0.160. The minimum Gasteiger partial charge on any atom is -0.443 e. The minimum atomic E-state index is -0.671. The van der Waals surface area contributed by atoms with Crippen LogP contribution in [0.5, 0.6) is 0 Å². The van der Waals surface area contributed by atoms with E-state index in [2.05, 4.69) is 0 Å². The summed E-state index contributed by atoms with van der Waals surface area (Å²) in [5.41, 5.74) is 1.07. The van der Waals surface area contributed by atoms with Gasteiger partial charge in [0, 0.05) is 6.08 Å². The first-order valence-electron chi connectivity index (χ1n) is 8.17. The second-order valence-electron chi connectivity index (χ2n) is 6.63. The third kappa shape index (κ3) is 6.26. The number of amides is 2. The van der Waals surface area contributed by atoms with Crippen molar-refractivity contribution < 1.29 is 14.3 Å². The van der Waals surface area contributed by atoms with Gasteiger partial charge in [-0.25, -0.2) is 9.69 Å². The Hall–Kier alpha value is -2.88. The molecular formula is C21H23NO3. The number of imide groups is 1. The Morgan fingerprint density at radius 2 is 1.52 bits per heavy atom. The van der Waals surface area contributed by atoms with Crippen molar-refractivity contribution in [3.63, 3.8) is 0 Å². The molecule has 2 aromatic rings. The number of benzene rings is 2. The molecule has 0 aliphatic heterocycles. The maximum atomic E-state index is 12.6. The van der Waals surface area contributed by atoms with E-state index in [0.29, 0.717) is 0 Å². The summed E-state index contributed by atoms with van der Waals surface area (Å²) in [7, 11) is 0. The average Bonchev–Trinajstić information content (AvgIpc) is 2.58. The van der Waals surface area contributed by atoms with Gasteiger partial charge in [0.05, 0.1) is 6.54 Å². The Morgan fingerprint density at radius 3 is 2.08 bits per heavy atom. The van der Waals surface area contributed by atoms with E-state index in [-0.39, 0.29) is 6.54 Å². The molecule has 2 amide bonds. The van der Waals surface area contributed by atoms with Crippen LogP contribution in [0.15, 0.2) is 66.7 Å². The van der Waals surface area contributed by atoms with Crippen molar-refractivity contribution in [3.8, 4) is 0 Å². The Labute approximate surface area is 148 Å². The van der Waals surface area contributed by atoms with E-state index in [0.717, 1.165) is 16.0 Å². The first-order chi connectivity index (χ1) is 11.8. The zero-order chi connectivity index (χ0) is 18.3. The highest BCUT2D eigenvalue weighted by atomic mass is 16.6. The van der Waals surface area contributed by atoms with Gasteiger partial charge in [-0.2, -0.15) is 0 Å². The zero-order valence-electron chi connectivity index (χ0n) is 14.8. The van der Waals surface area contributed by atoms with Crippen LogP contribution in [0.4, 0.5) is 4.79 Å². The lowest BCUT2D eigenvalue weighted by Gasteiger charge is -2.25. The maximum absolute atomic E-state index is 12.6. The fraction of sp³-hybridized carbons (Fsp3) is 0.238. The smallest absolute Gasteiger partial charge is 0.417 e. The van der Waals surface area contributed by atoms with Crippen molar-refractivity contribution in [3.05, 3.63) is 77.9 Å². The number of carbonyl (C=O) groups excluding carboxylic acids is 2. The molecule has 130 valence electrons. The molecule has 0 heterocycles. The summed E-state index contributed by atoms with van der Waals surface area (Å²) in [5, 5.41) is 0. The normalized spacial score (nSPS) is 11.3. The summed E-state index contributed by atoms with van der Waals surface area (Å²) in [4.78, 5) is 26.2. The molecule has 0 radical (unpaired) electrons. The van der Waals surface area contributed by atoms with E-state index in [1.165, 1.54) is 6.08 Å². The van der Waals surface area contributed by atoms with Gasteiger partial charge in [-0.3, -0.25) is 4.79 Å². The lowest BCUT2D eigenvalue weighted by atomic mass is 10.2. The predicted molar refractivity (Wildman–Crippen MR) is 98.7 cm³/mol. The summed E-state index contributed by atoms with van der Waals surface area (Å²) < 4.78 is 5.38. The van der Waals surface area contributed by atoms with Gasteiger partial charge in [0.15, 0.2) is 0 Å². The van der Waals surface area contributed by atoms with Crippen molar-refractivity contribution in [2.24, 2.45) is 0 Å². The van der Waals surface area contributed by atoms with Crippen LogP contribution in [0, 0.1) is 0 Å². The summed E-state index contributed by atoms with van der Waals surface area (Å²) in [5.74, 6) is -0.415. The molecule has 0 bridgehead atoms. The first-order valence-corrected chi connectivity index (χ1v) is 8.17. The molecule has 4 nitrogen and oxygen atoms in total. The monoisotopic (exact) mass is 337 g/mol. The van der Waals surface area contributed by atoms with Gasteiger partial charge in [0.25, 0.3) is 5.91 Å². The molecule has 0 atom stereocenters. The third-order valence-corrected chi connectivity index (χ3v) is 3.28. The lowest BCUT2D eigenvalue weighted by Crippen LogP contribution is -2.39. The fourth-order valence-corrected chi connectivity index (χ4v) is 2.14. The average molecular weight is 337 g/mol. The van der Waals surface area contributed by atoms with Gasteiger partial charge in [0.1, 0.15) is 5.60 Å². The number of rotatable bonds is 4. The second-order valence-corrected chi connectivity index (χ2v) is 6.63. The van der Waals surface area contributed by atoms with Crippen molar-refractivity contribution in [1.82, 2.24) is 4.90 Å². The van der Waals surface area contributed by atoms with Crippen LogP contribution < -0.4 is 0 Å². The van der Waals surface area contributed by atoms with Crippen LogP contribution in [-0.4, -0.2) is 22.5 Å². The molecule has 0 unspecified atom stereocenters. The molecule has 0 aromatic heterocycles. The van der Waals surface area contributed by atoms with Gasteiger partial charge in [0.2, 0.25) is 0 Å². The van der Waals surface area contributed by atoms with Crippen molar-refractivity contribution in [1.29, 1.82) is 0 Å². The molecule has 0 N–H and O–H groups in total. The number of nitrogens with zero attached hydrogens (tertiary/aromatic N) is 1. The third-order valence-electron chi connectivity index (χ3n) is 3.28. The highest BCUT2D eigenvalue weighted by Gasteiger charge is 2.26. The van der Waals surface area contributed by atoms with E-state index < -0.39 is 17.6 Å². The summed E-state index contributed by atoms with van der Waals surface area (Å²) in [6, 6.07) is 18.8.